The lowest BCUT2D eigenvalue weighted by Gasteiger charge is -2.27. The Balaban J connectivity index is 0.00000111. The van der Waals surface area contributed by atoms with Crippen molar-refractivity contribution in [2.45, 2.75) is 51.4 Å². The van der Waals surface area contributed by atoms with Crippen LogP contribution in [0.2, 0.25) is 0 Å². The van der Waals surface area contributed by atoms with Crippen molar-refractivity contribution in [3.63, 3.8) is 0 Å². The van der Waals surface area contributed by atoms with Gasteiger partial charge in [-0.3, -0.25) is 4.79 Å². The predicted octanol–water partition coefficient (Wildman–Crippen LogP) is 6.50. The van der Waals surface area contributed by atoms with Gasteiger partial charge in [-0.15, -0.1) is 0 Å². The Labute approximate surface area is 280 Å². The number of hydrogen-bond acceptors (Lipinski definition) is 6. The van der Waals surface area contributed by atoms with Gasteiger partial charge in [0.05, 0.1) is 16.3 Å². The van der Waals surface area contributed by atoms with E-state index in [2.05, 4.69) is 96.3 Å². The summed E-state index contributed by atoms with van der Waals surface area (Å²) in [7, 11) is -5.64. The average Bonchev–Trinajstić information content (AvgIpc) is 3.06. The highest BCUT2D eigenvalue weighted by atomic mass is 32.2. The number of nitrogens with one attached hydrogen (secondary N) is 1. The zero-order valence-electron chi connectivity index (χ0n) is 27.0. The first kappa shape index (κ1) is 37.5. The molecule has 0 radical (unpaired) electrons. The fourth-order valence-corrected chi connectivity index (χ4v) is 9.91. The smallest absolute Gasteiger partial charge is 0.243 e. The van der Waals surface area contributed by atoms with Crippen molar-refractivity contribution in [2.75, 3.05) is 19.0 Å². The Morgan fingerprint density at radius 2 is 1.11 bits per heavy atom. The summed E-state index contributed by atoms with van der Waals surface area (Å²) in [6.07, 6.45) is 14.3. The largest absolute Gasteiger partial charge is 0.748 e. The summed E-state index contributed by atoms with van der Waals surface area (Å²) in [4.78, 5) is 12.0. The molecule has 9 heteroatoms. The van der Waals surface area contributed by atoms with Gasteiger partial charge in [0.15, 0.2) is 11.5 Å². The van der Waals surface area contributed by atoms with E-state index in [0.717, 1.165) is 12.8 Å². The second-order valence-electron chi connectivity index (χ2n) is 11.4. The molecule has 4 aromatic carbocycles. The summed E-state index contributed by atoms with van der Waals surface area (Å²) < 4.78 is 27.2. The molecule has 0 aliphatic heterocycles. The average molecular weight is 676 g/mol. The molecular formula is C38H46NO6PS. The van der Waals surface area contributed by atoms with Gasteiger partial charge in [0, 0.05) is 18.9 Å². The number of unbranched alkanes of at least 4 members (excludes halogenated alkanes) is 7. The van der Waals surface area contributed by atoms with Crippen molar-refractivity contribution in [3.05, 3.63) is 121 Å². The van der Waals surface area contributed by atoms with E-state index < -0.39 is 17.4 Å². The second-order valence-corrected chi connectivity index (χ2v) is 16.5. The molecule has 0 fully saturated rings. The lowest BCUT2D eigenvalue weighted by molar-refractivity contribution is -0.116. The summed E-state index contributed by atoms with van der Waals surface area (Å²) >= 11 is 0. The van der Waals surface area contributed by atoms with Gasteiger partial charge in [-0.2, -0.15) is 0 Å². The number of benzene rings is 4. The summed E-state index contributed by atoms with van der Waals surface area (Å²) in [6.45, 7) is 0.661. The van der Waals surface area contributed by atoms with Crippen molar-refractivity contribution >= 4 is 45.3 Å². The van der Waals surface area contributed by atoms with Crippen LogP contribution in [-0.4, -0.2) is 48.1 Å². The van der Waals surface area contributed by atoms with Crippen LogP contribution in [0.15, 0.2) is 115 Å². The third-order valence-electron chi connectivity index (χ3n) is 7.74. The predicted molar refractivity (Wildman–Crippen MR) is 194 cm³/mol. The van der Waals surface area contributed by atoms with Crippen LogP contribution in [0, 0.1) is 0 Å². The summed E-state index contributed by atoms with van der Waals surface area (Å²) in [6, 6.07) is 37.9. The lowest BCUT2D eigenvalue weighted by Crippen LogP contribution is -2.33. The SMILES string of the molecule is CS(=O)(=O)[O-].O=C(C=Cc1ccc(O)c(O)c1)NCCCCCCCCCC[P+](c1ccccc1)(c1ccccc1)c1ccccc1. The minimum Gasteiger partial charge on any atom is -0.748 e. The van der Waals surface area contributed by atoms with E-state index in [1.807, 2.05) is 0 Å². The molecule has 0 saturated heterocycles. The Morgan fingerprint density at radius 1 is 0.681 bits per heavy atom. The van der Waals surface area contributed by atoms with E-state index >= 15 is 0 Å². The Hall–Kier alpha value is -3.97. The van der Waals surface area contributed by atoms with Gasteiger partial charge in [0.25, 0.3) is 0 Å². The molecule has 0 bridgehead atoms. The maximum atomic E-state index is 12.0. The van der Waals surface area contributed by atoms with Gasteiger partial charge < -0.3 is 20.1 Å². The number of carbonyl (C=O) groups excluding carboxylic acids is 1. The number of aromatic hydroxyl groups is 2. The fraction of sp³-hybridized carbons (Fsp3) is 0.289. The van der Waals surface area contributed by atoms with E-state index in [-0.39, 0.29) is 17.4 Å². The molecule has 4 rings (SSSR count). The Bertz CT molecular complexity index is 1530. The molecular weight excluding hydrogens is 629 g/mol. The van der Waals surface area contributed by atoms with Gasteiger partial charge in [0.1, 0.15) is 23.2 Å². The minimum absolute atomic E-state index is 0.150. The number of amides is 1. The second kappa shape index (κ2) is 19.6. The van der Waals surface area contributed by atoms with Crippen molar-refractivity contribution < 1.29 is 28.0 Å². The van der Waals surface area contributed by atoms with Gasteiger partial charge in [-0.1, -0.05) is 92.8 Å². The number of hydrogen-bond donors (Lipinski definition) is 3. The van der Waals surface area contributed by atoms with Crippen LogP contribution in [0.4, 0.5) is 0 Å². The van der Waals surface area contributed by atoms with Gasteiger partial charge in [-0.05, 0) is 79.4 Å². The lowest BCUT2D eigenvalue weighted by atomic mass is 10.1. The van der Waals surface area contributed by atoms with Crippen LogP contribution < -0.4 is 21.2 Å². The number of phenolic OH excluding ortho intramolecular Hbond substituents is 2. The van der Waals surface area contributed by atoms with Crippen LogP contribution in [0.1, 0.15) is 56.9 Å². The maximum Gasteiger partial charge on any atom is 0.243 e. The highest BCUT2D eigenvalue weighted by Crippen LogP contribution is 2.56. The van der Waals surface area contributed by atoms with Crippen LogP contribution in [0.5, 0.6) is 11.5 Å². The molecule has 47 heavy (non-hydrogen) atoms. The molecule has 250 valence electrons. The molecule has 0 aliphatic carbocycles. The zero-order valence-corrected chi connectivity index (χ0v) is 28.7. The monoisotopic (exact) mass is 675 g/mol. The quantitative estimate of drug-likeness (QED) is 0.0409. The van der Waals surface area contributed by atoms with E-state index in [1.165, 1.54) is 78.8 Å². The molecule has 0 spiro atoms. The fourth-order valence-electron chi connectivity index (χ4n) is 5.50. The molecule has 0 aromatic heterocycles. The van der Waals surface area contributed by atoms with Crippen LogP contribution in [-0.2, 0) is 14.9 Å². The van der Waals surface area contributed by atoms with Gasteiger partial charge in [0.2, 0.25) is 5.91 Å². The molecule has 0 aliphatic rings. The maximum absolute atomic E-state index is 12.0. The number of phenols is 2. The van der Waals surface area contributed by atoms with Crippen molar-refractivity contribution in [1.82, 2.24) is 5.32 Å². The Kier molecular flexibility index (Phi) is 15.7. The Morgan fingerprint density at radius 3 is 1.55 bits per heavy atom. The first-order chi connectivity index (χ1) is 22.6. The van der Waals surface area contributed by atoms with Gasteiger partial charge in [-0.25, -0.2) is 8.42 Å². The minimum atomic E-state index is -3.92. The summed E-state index contributed by atoms with van der Waals surface area (Å²) in [5, 5.41) is 26.2. The van der Waals surface area contributed by atoms with Crippen LogP contribution in [0.25, 0.3) is 6.08 Å². The van der Waals surface area contributed by atoms with Crippen molar-refractivity contribution in [1.29, 1.82) is 0 Å². The third kappa shape index (κ3) is 13.3. The topological polar surface area (TPSA) is 127 Å². The molecule has 7 nitrogen and oxygen atoms in total. The first-order valence-electron chi connectivity index (χ1n) is 16.0. The first-order valence-corrected chi connectivity index (χ1v) is 19.8. The molecule has 0 atom stereocenters. The normalized spacial score (nSPS) is 11.5. The molecule has 3 N–H and O–H groups in total. The van der Waals surface area contributed by atoms with Crippen molar-refractivity contribution in [3.8, 4) is 11.5 Å². The number of carbonyl (C=O) groups is 1. The molecule has 1 amide bonds. The highest BCUT2D eigenvalue weighted by molar-refractivity contribution is 7.95. The molecule has 0 heterocycles. The van der Waals surface area contributed by atoms with E-state index in [4.69, 9.17) is 13.0 Å². The zero-order chi connectivity index (χ0) is 34.0. The summed E-state index contributed by atoms with van der Waals surface area (Å²) in [5.41, 5.74) is 0.660. The van der Waals surface area contributed by atoms with E-state index in [0.29, 0.717) is 18.4 Å². The summed E-state index contributed by atoms with van der Waals surface area (Å²) in [5.74, 6) is -0.518. The standard InChI is InChI=1S/C37H42NO3P.CH4O3S/c39-35-26-24-31(30-36(35)40)25-27-37(41)38-28-16-5-3-1-2-4-6-17-29-42(32-18-10-7-11-19-32,33-20-12-8-13-21-33)34-22-14-9-15-23-34;1-5(2,3)4/h7-15,18-27,30H,1-6,16-17,28-29H2,(H2-,38,39,40,41);1H3,(H,2,3,4). The van der Waals surface area contributed by atoms with Crippen LogP contribution in [0.3, 0.4) is 0 Å². The third-order valence-corrected chi connectivity index (χ3v) is 12.3. The van der Waals surface area contributed by atoms with Crippen LogP contribution >= 0.6 is 7.26 Å². The van der Waals surface area contributed by atoms with E-state index in [1.54, 1.807) is 12.1 Å². The van der Waals surface area contributed by atoms with Gasteiger partial charge >= 0.3 is 0 Å². The molecule has 0 unspecified atom stereocenters. The highest BCUT2D eigenvalue weighted by Gasteiger charge is 2.44. The molecule has 4 aromatic rings. The molecule has 0 saturated carbocycles. The van der Waals surface area contributed by atoms with E-state index in [9.17, 15) is 15.0 Å². The number of rotatable bonds is 16. The van der Waals surface area contributed by atoms with Crippen molar-refractivity contribution in [2.24, 2.45) is 0 Å².